The van der Waals surface area contributed by atoms with Crippen LogP contribution in [-0.4, -0.2) is 30.5 Å². The zero-order valence-electron chi connectivity index (χ0n) is 18.1. The van der Waals surface area contributed by atoms with Crippen molar-refractivity contribution in [3.63, 3.8) is 0 Å². The highest BCUT2D eigenvalue weighted by Gasteiger charge is 2.27. The molecule has 6 heteroatoms. The molecule has 2 N–H and O–H groups in total. The number of hydrogen-bond acceptors (Lipinski definition) is 6. The number of aromatic hydroxyl groups is 1. The van der Waals surface area contributed by atoms with Gasteiger partial charge in [0.2, 0.25) is 0 Å². The largest absolute Gasteiger partial charge is 0.508 e. The predicted octanol–water partition coefficient (Wildman–Crippen LogP) is 4.80. The van der Waals surface area contributed by atoms with E-state index in [1.54, 1.807) is 18.2 Å². The van der Waals surface area contributed by atoms with Gasteiger partial charge in [0.1, 0.15) is 17.7 Å². The second kappa shape index (κ2) is 9.66. The Morgan fingerprint density at radius 3 is 2.44 bits per heavy atom. The number of phenolic OH excluding ortho intramolecular Hbond substituents is 1. The molecule has 4 rings (SSSR count). The van der Waals surface area contributed by atoms with Crippen molar-refractivity contribution in [2.75, 3.05) is 13.7 Å². The predicted molar refractivity (Wildman–Crippen MR) is 123 cm³/mol. The van der Waals surface area contributed by atoms with Crippen LogP contribution in [0.4, 0.5) is 0 Å². The smallest absolute Gasteiger partial charge is 0.337 e. The molecule has 0 amide bonds. The van der Waals surface area contributed by atoms with Gasteiger partial charge in [-0.05, 0) is 60.5 Å². The van der Waals surface area contributed by atoms with E-state index in [9.17, 15) is 9.90 Å². The van der Waals surface area contributed by atoms with Crippen molar-refractivity contribution in [3.05, 3.63) is 95.1 Å². The van der Waals surface area contributed by atoms with Crippen LogP contribution in [-0.2, 0) is 4.74 Å². The maximum absolute atomic E-state index is 11.8. The molecule has 6 nitrogen and oxygen atoms in total. The van der Waals surface area contributed by atoms with E-state index in [2.05, 4.69) is 5.32 Å². The molecule has 0 saturated heterocycles. The van der Waals surface area contributed by atoms with Crippen molar-refractivity contribution in [2.24, 2.45) is 4.99 Å². The highest BCUT2D eigenvalue weighted by molar-refractivity contribution is 6.01. The van der Waals surface area contributed by atoms with Crippen molar-refractivity contribution in [2.45, 2.75) is 25.6 Å². The van der Waals surface area contributed by atoms with Crippen LogP contribution in [0.15, 0.2) is 77.8 Å². The fraction of sp³-hybridized carbons (Fsp3) is 0.231. The van der Waals surface area contributed by atoms with Crippen molar-refractivity contribution < 1.29 is 19.4 Å². The molecule has 164 valence electrons. The molecule has 1 heterocycles. The molecule has 3 aromatic rings. The van der Waals surface area contributed by atoms with Crippen LogP contribution >= 0.6 is 0 Å². The Balaban J connectivity index is 1.69. The fourth-order valence-corrected chi connectivity index (χ4v) is 3.86. The summed E-state index contributed by atoms with van der Waals surface area (Å²) in [5.41, 5.74) is 4.16. The van der Waals surface area contributed by atoms with Gasteiger partial charge < -0.3 is 14.6 Å². The average Bonchev–Trinajstić information content (AvgIpc) is 2.84. The van der Waals surface area contributed by atoms with Gasteiger partial charge >= 0.3 is 5.97 Å². The first kappa shape index (κ1) is 21.6. The van der Waals surface area contributed by atoms with Gasteiger partial charge in [0.25, 0.3) is 0 Å². The third-order valence-electron chi connectivity index (χ3n) is 5.50. The lowest BCUT2D eigenvalue weighted by atomic mass is 9.93. The number of phenols is 1. The molecule has 0 aromatic heterocycles. The molecule has 3 aromatic carbocycles. The first-order valence-electron chi connectivity index (χ1n) is 10.6. The van der Waals surface area contributed by atoms with Crippen LogP contribution in [0.3, 0.4) is 0 Å². The van der Waals surface area contributed by atoms with Crippen LogP contribution in [0, 0.1) is 0 Å². The van der Waals surface area contributed by atoms with Crippen molar-refractivity contribution in [1.29, 1.82) is 0 Å². The minimum absolute atomic E-state index is 0.124. The Morgan fingerprint density at radius 1 is 1.06 bits per heavy atom. The lowest BCUT2D eigenvalue weighted by molar-refractivity contribution is 0.0600. The maximum atomic E-state index is 11.8. The molecule has 0 spiro atoms. The van der Waals surface area contributed by atoms with E-state index < -0.39 is 0 Å². The van der Waals surface area contributed by atoms with E-state index >= 15 is 0 Å². The van der Waals surface area contributed by atoms with Crippen LogP contribution in [0.5, 0.6) is 11.5 Å². The molecule has 0 radical (unpaired) electrons. The van der Waals surface area contributed by atoms with Crippen LogP contribution in [0.25, 0.3) is 0 Å². The number of ether oxygens (including phenoxy) is 2. The lowest BCUT2D eigenvalue weighted by Crippen LogP contribution is -2.33. The Morgan fingerprint density at radius 2 is 1.78 bits per heavy atom. The number of rotatable bonds is 6. The van der Waals surface area contributed by atoms with E-state index in [0.717, 1.165) is 28.2 Å². The standard InChI is InChI=1S/C26H26N2O4/c1-3-32-20-14-12-17(13-15-20)22-16-23(21-6-4-5-7-24(21)29)28-25(27-22)18-8-10-19(11-9-18)26(30)31-2/h4-15,23,25,28-29H,3,16H2,1-2H3. The van der Waals surface area contributed by atoms with E-state index in [1.165, 1.54) is 7.11 Å². The summed E-state index contributed by atoms with van der Waals surface area (Å²) in [6.45, 7) is 2.57. The summed E-state index contributed by atoms with van der Waals surface area (Å²) in [4.78, 5) is 16.7. The van der Waals surface area contributed by atoms with Crippen molar-refractivity contribution >= 4 is 11.7 Å². The lowest BCUT2D eigenvalue weighted by Gasteiger charge is -2.31. The van der Waals surface area contributed by atoms with Crippen molar-refractivity contribution in [1.82, 2.24) is 5.32 Å². The molecule has 0 bridgehead atoms. The summed E-state index contributed by atoms with van der Waals surface area (Å²) in [7, 11) is 1.36. The number of carbonyl (C=O) groups is 1. The van der Waals surface area contributed by atoms with Gasteiger partial charge in [-0.3, -0.25) is 10.3 Å². The fourth-order valence-electron chi connectivity index (χ4n) is 3.86. The molecule has 1 aliphatic rings. The Kier molecular flexibility index (Phi) is 6.52. The Labute approximate surface area is 187 Å². The van der Waals surface area contributed by atoms with Crippen LogP contribution in [0.1, 0.15) is 52.6 Å². The third kappa shape index (κ3) is 4.65. The number of hydrogen-bond donors (Lipinski definition) is 2. The number of benzene rings is 3. The van der Waals surface area contributed by atoms with Crippen molar-refractivity contribution in [3.8, 4) is 11.5 Å². The number of nitrogens with one attached hydrogen (secondary N) is 1. The summed E-state index contributed by atoms with van der Waals surface area (Å²) in [6, 6.07) is 22.3. The molecule has 0 aliphatic carbocycles. The average molecular weight is 431 g/mol. The highest BCUT2D eigenvalue weighted by atomic mass is 16.5. The maximum Gasteiger partial charge on any atom is 0.337 e. The summed E-state index contributed by atoms with van der Waals surface area (Å²) in [5, 5.41) is 14.0. The van der Waals surface area contributed by atoms with E-state index in [1.807, 2.05) is 61.5 Å². The van der Waals surface area contributed by atoms with E-state index in [0.29, 0.717) is 18.6 Å². The normalized spacial score (nSPS) is 18.0. The second-order valence-corrected chi connectivity index (χ2v) is 7.53. The molecule has 0 fully saturated rings. The monoisotopic (exact) mass is 430 g/mol. The van der Waals surface area contributed by atoms with Gasteiger partial charge in [-0.2, -0.15) is 0 Å². The van der Waals surface area contributed by atoms with E-state index in [4.69, 9.17) is 14.5 Å². The summed E-state index contributed by atoms with van der Waals surface area (Å²) < 4.78 is 10.4. The molecule has 1 aliphatic heterocycles. The Bertz CT molecular complexity index is 1110. The topological polar surface area (TPSA) is 80.2 Å². The second-order valence-electron chi connectivity index (χ2n) is 7.53. The molecule has 2 unspecified atom stereocenters. The highest BCUT2D eigenvalue weighted by Crippen LogP contribution is 2.34. The minimum Gasteiger partial charge on any atom is -0.508 e. The first-order valence-corrected chi connectivity index (χ1v) is 10.6. The van der Waals surface area contributed by atoms with Gasteiger partial charge in [-0.15, -0.1) is 0 Å². The zero-order chi connectivity index (χ0) is 22.5. The SMILES string of the molecule is CCOc1ccc(C2=NC(c3ccc(C(=O)OC)cc3)NC(c3ccccc3O)C2)cc1. The summed E-state index contributed by atoms with van der Waals surface area (Å²) >= 11 is 0. The third-order valence-corrected chi connectivity index (χ3v) is 5.50. The van der Waals surface area contributed by atoms with Gasteiger partial charge in [0.05, 0.1) is 19.3 Å². The molecule has 0 saturated carbocycles. The van der Waals surface area contributed by atoms with Crippen LogP contribution in [0.2, 0.25) is 0 Å². The number of esters is 1. The number of para-hydroxylation sites is 1. The molecular weight excluding hydrogens is 404 g/mol. The number of aliphatic imine (C=N–C) groups is 1. The summed E-state index contributed by atoms with van der Waals surface area (Å²) in [6.07, 6.45) is 0.295. The zero-order valence-corrected chi connectivity index (χ0v) is 18.1. The Hall–Kier alpha value is -3.64. The quantitative estimate of drug-likeness (QED) is 0.549. The number of carbonyl (C=O) groups excluding carboxylic acids is 1. The number of nitrogens with zero attached hydrogens (tertiary/aromatic N) is 1. The van der Waals surface area contributed by atoms with Crippen LogP contribution < -0.4 is 10.1 Å². The molecule has 32 heavy (non-hydrogen) atoms. The molecule has 2 atom stereocenters. The van der Waals surface area contributed by atoms with Gasteiger partial charge in [-0.25, -0.2) is 4.79 Å². The van der Waals surface area contributed by atoms with Gasteiger partial charge in [0.15, 0.2) is 0 Å². The molecular formula is C26H26N2O4. The van der Waals surface area contributed by atoms with E-state index in [-0.39, 0.29) is 23.9 Å². The summed E-state index contributed by atoms with van der Waals surface area (Å²) in [5.74, 6) is 0.689. The van der Waals surface area contributed by atoms with Gasteiger partial charge in [0, 0.05) is 23.7 Å². The van der Waals surface area contributed by atoms with Gasteiger partial charge in [-0.1, -0.05) is 30.3 Å². The number of methoxy groups -OCH3 is 1. The first-order chi connectivity index (χ1) is 15.6. The minimum atomic E-state index is -0.376.